The van der Waals surface area contributed by atoms with E-state index in [1.165, 1.54) is 0 Å². The van der Waals surface area contributed by atoms with Crippen molar-refractivity contribution in [2.24, 2.45) is 0 Å². The molecule has 0 fully saturated rings. The molecule has 13 nitrogen and oxygen atoms in total. The van der Waals surface area contributed by atoms with Gasteiger partial charge in [0.05, 0.1) is 52.5 Å². The molecule has 0 aliphatic heterocycles. The molecule has 1 N–H and O–H groups in total. The maximum Gasteiger partial charge on any atom is 0.339 e. The van der Waals surface area contributed by atoms with E-state index >= 15 is 0 Å². The van der Waals surface area contributed by atoms with Crippen LogP contribution in [0, 0.1) is 0 Å². The molecule has 0 rings (SSSR count). The first-order valence-corrected chi connectivity index (χ1v) is 19.8. The van der Waals surface area contributed by atoms with Crippen LogP contribution in [0.15, 0.2) is 0 Å². The third kappa shape index (κ3) is 29.4. The predicted molar refractivity (Wildman–Crippen MR) is 194 cm³/mol. The summed E-state index contributed by atoms with van der Waals surface area (Å²) in [5.41, 5.74) is -2.45. The standard InChI is InChI=1S/C39H68O13/c1-4-7-22-33(40)47-25-16-10-12-19-28-50-36(43)31-39(46,38(45)52-30-21-15-14-18-27-49-35(42)24-9-6-3)32-37(44)51-29-20-13-11-17-26-48-34(41)23-8-5-2/h46H,4-32H2,1-3H3. The Morgan fingerprint density at radius 2 is 0.615 bits per heavy atom. The molecule has 0 heterocycles. The number of aliphatic hydroxyl groups is 1. The normalized spacial score (nSPS) is 11.1. The molecule has 0 radical (unpaired) electrons. The van der Waals surface area contributed by atoms with E-state index in [1.807, 2.05) is 20.8 Å². The molecule has 0 saturated carbocycles. The summed E-state index contributed by atoms with van der Waals surface area (Å²) >= 11 is 0. The van der Waals surface area contributed by atoms with E-state index in [0.29, 0.717) is 84.0 Å². The Morgan fingerprint density at radius 1 is 0.365 bits per heavy atom. The number of carbonyl (C=O) groups excluding carboxylic acids is 6. The zero-order valence-corrected chi connectivity index (χ0v) is 32.4. The second kappa shape index (κ2) is 33.6. The first-order valence-electron chi connectivity index (χ1n) is 19.8. The highest BCUT2D eigenvalue weighted by atomic mass is 16.6. The van der Waals surface area contributed by atoms with Gasteiger partial charge in [-0.1, -0.05) is 40.0 Å². The maximum absolute atomic E-state index is 13.0. The molecule has 0 aromatic rings. The monoisotopic (exact) mass is 744 g/mol. The van der Waals surface area contributed by atoms with Gasteiger partial charge in [-0.15, -0.1) is 0 Å². The zero-order chi connectivity index (χ0) is 38.7. The number of ether oxygens (including phenoxy) is 6. The Hall–Kier alpha value is -3.22. The van der Waals surface area contributed by atoms with Crippen molar-refractivity contribution in [3.8, 4) is 0 Å². The molecule has 0 unspecified atom stereocenters. The Morgan fingerprint density at radius 3 is 0.885 bits per heavy atom. The Bertz CT molecular complexity index is 931. The lowest BCUT2D eigenvalue weighted by Gasteiger charge is -2.24. The Labute approximate surface area is 311 Å². The number of carbonyl (C=O) groups is 6. The summed E-state index contributed by atoms with van der Waals surface area (Å²) in [6.07, 6.45) is 13.0. The van der Waals surface area contributed by atoms with Crippen LogP contribution in [0.2, 0.25) is 0 Å². The van der Waals surface area contributed by atoms with Crippen LogP contribution in [-0.2, 0) is 57.2 Å². The molecule has 52 heavy (non-hydrogen) atoms. The molecule has 0 saturated heterocycles. The lowest BCUT2D eigenvalue weighted by atomic mass is 9.95. The minimum atomic E-state index is -2.45. The highest BCUT2D eigenvalue weighted by molar-refractivity contribution is 5.90. The quantitative estimate of drug-likeness (QED) is 0.0398. The van der Waals surface area contributed by atoms with Gasteiger partial charge in [0.25, 0.3) is 0 Å². The number of unbranched alkanes of at least 4 members (excludes halogenated alkanes) is 12. The summed E-state index contributed by atoms with van der Waals surface area (Å²) in [5.74, 6) is -3.40. The second-order valence-corrected chi connectivity index (χ2v) is 13.2. The summed E-state index contributed by atoms with van der Waals surface area (Å²) in [4.78, 5) is 73.0. The molecule has 0 spiro atoms. The van der Waals surface area contributed by atoms with Gasteiger partial charge in [0.15, 0.2) is 5.60 Å². The summed E-state index contributed by atoms with van der Waals surface area (Å²) < 4.78 is 31.3. The highest BCUT2D eigenvalue weighted by Gasteiger charge is 2.43. The predicted octanol–water partition coefficient (Wildman–Crippen LogP) is 7.01. The van der Waals surface area contributed by atoms with Crippen molar-refractivity contribution in [1.29, 1.82) is 0 Å². The van der Waals surface area contributed by atoms with E-state index < -0.39 is 36.4 Å². The zero-order valence-electron chi connectivity index (χ0n) is 32.4. The van der Waals surface area contributed by atoms with Crippen molar-refractivity contribution in [1.82, 2.24) is 0 Å². The SMILES string of the molecule is CCCCC(=O)OCCCCCCOC(=O)CC(O)(CC(=O)OCCCCCCOC(=O)CCCC)C(=O)OCCCCCCOC(=O)CCCC. The van der Waals surface area contributed by atoms with Gasteiger partial charge in [0.2, 0.25) is 0 Å². The largest absolute Gasteiger partial charge is 0.466 e. The topological polar surface area (TPSA) is 178 Å². The average molecular weight is 745 g/mol. The van der Waals surface area contributed by atoms with Crippen molar-refractivity contribution >= 4 is 35.8 Å². The average Bonchev–Trinajstić information content (AvgIpc) is 3.11. The fourth-order valence-corrected chi connectivity index (χ4v) is 4.87. The van der Waals surface area contributed by atoms with Gasteiger partial charge >= 0.3 is 35.8 Å². The van der Waals surface area contributed by atoms with Crippen molar-refractivity contribution in [2.75, 3.05) is 39.6 Å². The van der Waals surface area contributed by atoms with E-state index in [0.717, 1.165) is 70.6 Å². The number of esters is 6. The number of hydrogen-bond acceptors (Lipinski definition) is 13. The third-order valence-corrected chi connectivity index (χ3v) is 8.12. The molecule has 302 valence electrons. The number of rotatable bonds is 35. The van der Waals surface area contributed by atoms with E-state index in [9.17, 15) is 33.9 Å². The second-order valence-electron chi connectivity index (χ2n) is 13.2. The molecule has 0 aromatic heterocycles. The molecule has 0 aliphatic carbocycles. The van der Waals surface area contributed by atoms with Crippen LogP contribution in [0.25, 0.3) is 0 Å². The van der Waals surface area contributed by atoms with Crippen molar-refractivity contribution in [2.45, 2.75) is 174 Å². The summed E-state index contributed by atoms with van der Waals surface area (Å²) in [5, 5.41) is 11.2. The highest BCUT2D eigenvalue weighted by Crippen LogP contribution is 2.21. The minimum absolute atomic E-state index is 0.0244. The molecule has 0 amide bonds. The van der Waals surface area contributed by atoms with E-state index in [1.54, 1.807) is 0 Å². The Kier molecular flexibility index (Phi) is 31.5. The third-order valence-electron chi connectivity index (χ3n) is 8.12. The molecular formula is C39H68O13. The number of hydrogen-bond donors (Lipinski definition) is 1. The van der Waals surface area contributed by atoms with Crippen LogP contribution in [0.5, 0.6) is 0 Å². The van der Waals surface area contributed by atoms with Gasteiger partial charge in [0, 0.05) is 19.3 Å². The van der Waals surface area contributed by atoms with Crippen LogP contribution < -0.4 is 0 Å². The van der Waals surface area contributed by atoms with Gasteiger partial charge in [-0.3, -0.25) is 24.0 Å². The summed E-state index contributed by atoms with van der Waals surface area (Å²) in [7, 11) is 0. The summed E-state index contributed by atoms with van der Waals surface area (Å²) in [6.45, 7) is 7.15. The van der Waals surface area contributed by atoms with Crippen LogP contribution in [0.1, 0.15) is 168 Å². The van der Waals surface area contributed by atoms with Crippen LogP contribution in [0.3, 0.4) is 0 Å². The fraction of sp³-hybridized carbons (Fsp3) is 0.846. The van der Waals surface area contributed by atoms with Crippen LogP contribution >= 0.6 is 0 Å². The molecule has 0 aliphatic rings. The molecular weight excluding hydrogens is 676 g/mol. The van der Waals surface area contributed by atoms with Crippen molar-refractivity contribution in [3.05, 3.63) is 0 Å². The van der Waals surface area contributed by atoms with Crippen LogP contribution in [0.4, 0.5) is 0 Å². The minimum Gasteiger partial charge on any atom is -0.466 e. The lowest BCUT2D eigenvalue weighted by Crippen LogP contribution is -2.45. The van der Waals surface area contributed by atoms with Crippen molar-refractivity contribution < 1.29 is 62.3 Å². The van der Waals surface area contributed by atoms with Gasteiger partial charge in [-0.2, -0.15) is 0 Å². The molecule has 13 heteroatoms. The maximum atomic E-state index is 13.0. The lowest BCUT2D eigenvalue weighted by molar-refractivity contribution is -0.178. The molecule has 0 bridgehead atoms. The smallest absolute Gasteiger partial charge is 0.339 e. The summed E-state index contributed by atoms with van der Waals surface area (Å²) in [6, 6.07) is 0. The van der Waals surface area contributed by atoms with Gasteiger partial charge < -0.3 is 33.5 Å². The Balaban J connectivity index is 4.67. The van der Waals surface area contributed by atoms with E-state index in [4.69, 9.17) is 28.4 Å². The van der Waals surface area contributed by atoms with Gasteiger partial charge in [0.1, 0.15) is 0 Å². The first kappa shape index (κ1) is 48.8. The van der Waals surface area contributed by atoms with E-state index in [2.05, 4.69) is 0 Å². The fourth-order valence-electron chi connectivity index (χ4n) is 4.87. The van der Waals surface area contributed by atoms with Gasteiger partial charge in [-0.05, 0) is 96.3 Å². The van der Waals surface area contributed by atoms with E-state index in [-0.39, 0.29) is 37.7 Å². The molecule has 0 aromatic carbocycles. The first-order chi connectivity index (χ1) is 25.1. The molecule has 0 atom stereocenters. The van der Waals surface area contributed by atoms with Crippen molar-refractivity contribution in [3.63, 3.8) is 0 Å². The van der Waals surface area contributed by atoms with Crippen LogP contribution in [-0.4, -0.2) is 86.2 Å². The van der Waals surface area contributed by atoms with Gasteiger partial charge in [-0.25, -0.2) is 4.79 Å².